The van der Waals surface area contributed by atoms with E-state index >= 15 is 0 Å². The zero-order chi connectivity index (χ0) is 15.6. The Hall–Kier alpha value is -1.19. The summed E-state index contributed by atoms with van der Waals surface area (Å²) in [7, 11) is 0. The fraction of sp³-hybridized carbons (Fsp3) is 0.333. The molecule has 0 saturated carbocycles. The van der Waals surface area contributed by atoms with Crippen LogP contribution in [0.25, 0.3) is 0 Å². The molecule has 21 heavy (non-hydrogen) atoms. The lowest BCUT2D eigenvalue weighted by atomic mass is 9.89. The lowest BCUT2D eigenvalue weighted by Gasteiger charge is -2.24. The van der Waals surface area contributed by atoms with Crippen LogP contribution in [0.1, 0.15) is 40.8 Å². The van der Waals surface area contributed by atoms with Crippen molar-refractivity contribution in [1.29, 1.82) is 0 Å². The SMILES string of the molecule is CCNC(c1cccc(Br)c1F)c1c(C)cc(C)cc1C. The van der Waals surface area contributed by atoms with Crippen molar-refractivity contribution in [1.82, 2.24) is 5.32 Å². The van der Waals surface area contributed by atoms with Gasteiger partial charge >= 0.3 is 0 Å². The van der Waals surface area contributed by atoms with Gasteiger partial charge in [-0.15, -0.1) is 0 Å². The predicted octanol–water partition coefficient (Wildman–Crippen LogP) is 5.21. The molecule has 1 nitrogen and oxygen atoms in total. The molecule has 2 aromatic carbocycles. The molecular formula is C18H21BrFN. The van der Waals surface area contributed by atoms with Gasteiger partial charge < -0.3 is 5.32 Å². The van der Waals surface area contributed by atoms with E-state index < -0.39 is 0 Å². The summed E-state index contributed by atoms with van der Waals surface area (Å²) in [5, 5.41) is 3.42. The molecule has 0 amide bonds. The van der Waals surface area contributed by atoms with E-state index in [1.807, 2.05) is 19.1 Å². The Labute approximate surface area is 134 Å². The molecule has 0 aliphatic heterocycles. The van der Waals surface area contributed by atoms with Crippen LogP contribution in [0, 0.1) is 26.6 Å². The van der Waals surface area contributed by atoms with Crippen LogP contribution in [-0.4, -0.2) is 6.54 Å². The molecule has 1 unspecified atom stereocenters. The van der Waals surface area contributed by atoms with E-state index in [1.54, 1.807) is 6.07 Å². The van der Waals surface area contributed by atoms with Gasteiger partial charge in [0.05, 0.1) is 10.5 Å². The van der Waals surface area contributed by atoms with Gasteiger partial charge in [0.15, 0.2) is 0 Å². The van der Waals surface area contributed by atoms with Crippen molar-refractivity contribution in [3.63, 3.8) is 0 Å². The van der Waals surface area contributed by atoms with Gasteiger partial charge in [-0.3, -0.25) is 0 Å². The van der Waals surface area contributed by atoms with Gasteiger partial charge in [0.25, 0.3) is 0 Å². The summed E-state index contributed by atoms with van der Waals surface area (Å²) < 4.78 is 15.0. The number of benzene rings is 2. The predicted molar refractivity (Wildman–Crippen MR) is 90.3 cm³/mol. The first-order chi connectivity index (χ1) is 9.95. The topological polar surface area (TPSA) is 12.0 Å². The lowest BCUT2D eigenvalue weighted by molar-refractivity contribution is 0.552. The molecule has 0 heterocycles. The molecule has 112 valence electrons. The monoisotopic (exact) mass is 349 g/mol. The van der Waals surface area contributed by atoms with Crippen molar-refractivity contribution >= 4 is 15.9 Å². The first-order valence-corrected chi connectivity index (χ1v) is 8.00. The standard InChI is InChI=1S/C18H21BrFN/c1-5-21-18(14-7-6-8-15(19)17(14)20)16-12(3)9-11(2)10-13(16)4/h6-10,18,21H,5H2,1-4H3. The van der Waals surface area contributed by atoms with Crippen molar-refractivity contribution in [3.05, 3.63) is 68.4 Å². The normalized spacial score (nSPS) is 12.5. The quantitative estimate of drug-likeness (QED) is 0.798. The number of nitrogens with one attached hydrogen (secondary N) is 1. The fourth-order valence-electron chi connectivity index (χ4n) is 2.96. The zero-order valence-electron chi connectivity index (χ0n) is 12.9. The van der Waals surface area contributed by atoms with Gasteiger partial charge in [-0.05, 0) is 66.0 Å². The largest absolute Gasteiger partial charge is 0.306 e. The van der Waals surface area contributed by atoms with Crippen LogP contribution < -0.4 is 5.32 Å². The van der Waals surface area contributed by atoms with Crippen LogP contribution in [-0.2, 0) is 0 Å². The highest BCUT2D eigenvalue weighted by Gasteiger charge is 2.21. The molecule has 0 radical (unpaired) electrons. The van der Waals surface area contributed by atoms with Gasteiger partial charge in [-0.25, -0.2) is 4.39 Å². The van der Waals surface area contributed by atoms with Gasteiger partial charge in [0.2, 0.25) is 0 Å². The van der Waals surface area contributed by atoms with Crippen LogP contribution in [0.5, 0.6) is 0 Å². The van der Waals surface area contributed by atoms with Crippen molar-refractivity contribution in [2.75, 3.05) is 6.54 Å². The Morgan fingerprint density at radius 3 is 2.33 bits per heavy atom. The van der Waals surface area contributed by atoms with Crippen molar-refractivity contribution < 1.29 is 4.39 Å². The van der Waals surface area contributed by atoms with Crippen LogP contribution in [0.4, 0.5) is 4.39 Å². The summed E-state index contributed by atoms with van der Waals surface area (Å²) in [4.78, 5) is 0. The molecule has 0 bridgehead atoms. The molecule has 1 atom stereocenters. The number of hydrogen-bond donors (Lipinski definition) is 1. The van der Waals surface area contributed by atoms with Gasteiger partial charge in [0, 0.05) is 5.56 Å². The van der Waals surface area contributed by atoms with Crippen LogP contribution in [0.2, 0.25) is 0 Å². The van der Waals surface area contributed by atoms with E-state index in [1.165, 1.54) is 22.3 Å². The molecule has 0 saturated heterocycles. The molecular weight excluding hydrogens is 329 g/mol. The van der Waals surface area contributed by atoms with Crippen molar-refractivity contribution in [2.24, 2.45) is 0 Å². The van der Waals surface area contributed by atoms with E-state index in [0.717, 1.165) is 6.54 Å². The second-order valence-corrected chi connectivity index (χ2v) is 6.30. The molecule has 2 rings (SSSR count). The average molecular weight is 350 g/mol. The molecule has 0 aliphatic rings. The second-order valence-electron chi connectivity index (χ2n) is 5.45. The number of halogens is 2. The summed E-state index contributed by atoms with van der Waals surface area (Å²) in [6.45, 7) is 9.10. The summed E-state index contributed by atoms with van der Waals surface area (Å²) in [6, 6.07) is 9.65. The summed E-state index contributed by atoms with van der Waals surface area (Å²) in [6.07, 6.45) is 0. The highest BCUT2D eigenvalue weighted by Crippen LogP contribution is 2.32. The second kappa shape index (κ2) is 6.71. The molecule has 3 heteroatoms. The Bertz CT molecular complexity index is 629. The first kappa shape index (κ1) is 16.2. The minimum absolute atomic E-state index is 0.131. The third-order valence-corrected chi connectivity index (χ3v) is 4.34. The third kappa shape index (κ3) is 3.35. The Kier molecular flexibility index (Phi) is 5.17. The number of aryl methyl sites for hydroxylation is 3. The Morgan fingerprint density at radius 2 is 1.76 bits per heavy atom. The lowest BCUT2D eigenvalue weighted by Crippen LogP contribution is -2.24. The van der Waals surface area contributed by atoms with E-state index in [-0.39, 0.29) is 11.9 Å². The highest BCUT2D eigenvalue weighted by atomic mass is 79.9. The van der Waals surface area contributed by atoms with E-state index in [2.05, 4.69) is 54.2 Å². The molecule has 0 aliphatic carbocycles. The minimum atomic E-state index is -0.192. The highest BCUT2D eigenvalue weighted by molar-refractivity contribution is 9.10. The van der Waals surface area contributed by atoms with Crippen LogP contribution >= 0.6 is 15.9 Å². The molecule has 0 aromatic heterocycles. The maximum atomic E-state index is 14.5. The Balaban J connectivity index is 2.62. The number of hydrogen-bond acceptors (Lipinski definition) is 1. The molecule has 2 aromatic rings. The van der Waals surface area contributed by atoms with Crippen LogP contribution in [0.3, 0.4) is 0 Å². The van der Waals surface area contributed by atoms with Crippen LogP contribution in [0.15, 0.2) is 34.8 Å². The fourth-order valence-corrected chi connectivity index (χ4v) is 3.34. The molecule has 1 N–H and O–H groups in total. The summed E-state index contributed by atoms with van der Waals surface area (Å²) >= 11 is 3.28. The first-order valence-electron chi connectivity index (χ1n) is 7.20. The maximum Gasteiger partial charge on any atom is 0.142 e. The Morgan fingerprint density at radius 1 is 1.14 bits per heavy atom. The van der Waals surface area contributed by atoms with E-state index in [9.17, 15) is 4.39 Å². The van der Waals surface area contributed by atoms with E-state index in [0.29, 0.717) is 10.0 Å². The van der Waals surface area contributed by atoms with Crippen molar-refractivity contribution in [2.45, 2.75) is 33.7 Å². The molecule has 0 spiro atoms. The summed E-state index contributed by atoms with van der Waals surface area (Å²) in [5.41, 5.74) is 5.47. The van der Waals surface area contributed by atoms with Gasteiger partial charge in [0.1, 0.15) is 5.82 Å². The third-order valence-electron chi connectivity index (χ3n) is 3.73. The molecule has 0 fully saturated rings. The van der Waals surface area contributed by atoms with Gasteiger partial charge in [-0.1, -0.05) is 36.8 Å². The number of rotatable bonds is 4. The zero-order valence-corrected chi connectivity index (χ0v) is 14.5. The average Bonchev–Trinajstić information content (AvgIpc) is 2.40. The van der Waals surface area contributed by atoms with Crippen molar-refractivity contribution in [3.8, 4) is 0 Å². The summed E-state index contributed by atoms with van der Waals surface area (Å²) in [5.74, 6) is -0.192. The maximum absolute atomic E-state index is 14.5. The van der Waals surface area contributed by atoms with E-state index in [4.69, 9.17) is 0 Å². The smallest absolute Gasteiger partial charge is 0.142 e. The van der Waals surface area contributed by atoms with Gasteiger partial charge in [-0.2, -0.15) is 0 Å². The minimum Gasteiger partial charge on any atom is -0.306 e.